The molecule has 7 nitrogen and oxygen atoms in total. The van der Waals surface area contributed by atoms with Crippen molar-refractivity contribution in [3.05, 3.63) is 59.4 Å². The van der Waals surface area contributed by atoms with Crippen LogP contribution in [-0.2, 0) is 16.1 Å². The fraction of sp³-hybridized carbons (Fsp3) is 0.458. The molecule has 2 heterocycles. The van der Waals surface area contributed by atoms with Crippen molar-refractivity contribution in [2.75, 3.05) is 26.5 Å². The van der Waals surface area contributed by atoms with Crippen molar-refractivity contribution >= 4 is 5.71 Å². The van der Waals surface area contributed by atoms with Gasteiger partial charge in [0.1, 0.15) is 11.9 Å². The van der Waals surface area contributed by atoms with Gasteiger partial charge in [-0.25, -0.2) is 4.39 Å². The highest BCUT2D eigenvalue weighted by molar-refractivity contribution is 6.01. The molecule has 0 radical (unpaired) electrons. The quantitative estimate of drug-likeness (QED) is 0.606. The summed E-state index contributed by atoms with van der Waals surface area (Å²) in [5.74, 6) is 1.17. The Hall–Kier alpha value is -2.68. The average molecular weight is 445 g/mol. The van der Waals surface area contributed by atoms with Crippen molar-refractivity contribution in [1.82, 2.24) is 4.90 Å². The minimum atomic E-state index is -0.645. The molecule has 2 aromatic carbocycles. The molecule has 0 aromatic heterocycles. The van der Waals surface area contributed by atoms with Crippen LogP contribution in [0.3, 0.4) is 0 Å². The van der Waals surface area contributed by atoms with E-state index in [-0.39, 0.29) is 31.4 Å². The van der Waals surface area contributed by atoms with Crippen molar-refractivity contribution in [3.8, 4) is 11.5 Å². The molecule has 0 fully saturated rings. The normalized spacial score (nSPS) is 18.2. The van der Waals surface area contributed by atoms with E-state index in [1.165, 1.54) is 12.1 Å². The molecule has 0 aliphatic carbocycles. The van der Waals surface area contributed by atoms with Crippen LogP contribution in [0.1, 0.15) is 31.4 Å². The van der Waals surface area contributed by atoms with Gasteiger partial charge in [0.2, 0.25) is 6.79 Å². The maximum Gasteiger partial charge on any atom is 0.231 e. The number of ether oxygens (including phenoxy) is 3. The Morgan fingerprint density at radius 3 is 2.72 bits per heavy atom. The number of hydrogen-bond donors (Lipinski definition) is 1. The average Bonchev–Trinajstić information content (AvgIpc) is 3.42. The highest BCUT2D eigenvalue weighted by Gasteiger charge is 2.27. The summed E-state index contributed by atoms with van der Waals surface area (Å²) in [6.45, 7) is 5.87. The zero-order chi connectivity index (χ0) is 22.5. The molecule has 4 rings (SSSR count). The molecule has 0 spiro atoms. The standard InChI is InChI=1S/C24H29FN2O5/c1-16(2)29-14-20(28)12-27(11-17-3-6-19(25)7-4-17)13-21-10-22(26-32-21)18-5-8-23-24(9-18)31-15-30-23/h3-9,16,20-21,28H,10-15H2,1-2H3. The van der Waals surface area contributed by atoms with E-state index in [0.717, 1.165) is 22.6 Å². The van der Waals surface area contributed by atoms with Gasteiger partial charge in [-0.3, -0.25) is 4.90 Å². The molecule has 1 N–H and O–H groups in total. The Labute approximate surface area is 187 Å². The maximum absolute atomic E-state index is 13.3. The lowest BCUT2D eigenvalue weighted by atomic mass is 10.0. The first-order chi connectivity index (χ1) is 15.5. The number of hydrogen-bond acceptors (Lipinski definition) is 7. The highest BCUT2D eigenvalue weighted by atomic mass is 19.1. The first-order valence-corrected chi connectivity index (χ1v) is 10.9. The third-order valence-electron chi connectivity index (χ3n) is 5.31. The van der Waals surface area contributed by atoms with Crippen molar-refractivity contribution < 1.29 is 28.5 Å². The number of rotatable bonds is 10. The van der Waals surface area contributed by atoms with Crippen LogP contribution in [0.25, 0.3) is 0 Å². The molecule has 0 saturated carbocycles. The monoisotopic (exact) mass is 444 g/mol. The molecule has 2 aliphatic rings. The summed E-state index contributed by atoms with van der Waals surface area (Å²) >= 11 is 0. The zero-order valence-corrected chi connectivity index (χ0v) is 18.4. The van der Waals surface area contributed by atoms with Gasteiger partial charge in [-0.05, 0) is 49.7 Å². The van der Waals surface area contributed by atoms with Crippen LogP contribution in [0, 0.1) is 5.82 Å². The molecule has 172 valence electrons. The fourth-order valence-corrected chi connectivity index (χ4v) is 3.77. The minimum Gasteiger partial charge on any atom is -0.454 e. The molecule has 2 unspecified atom stereocenters. The lowest BCUT2D eigenvalue weighted by molar-refractivity contribution is -0.0194. The molecule has 2 aromatic rings. The van der Waals surface area contributed by atoms with Crippen LogP contribution in [0.15, 0.2) is 47.6 Å². The summed E-state index contributed by atoms with van der Waals surface area (Å²) in [7, 11) is 0. The first-order valence-electron chi connectivity index (χ1n) is 10.9. The van der Waals surface area contributed by atoms with Gasteiger partial charge in [0.15, 0.2) is 11.5 Å². The molecule has 32 heavy (non-hydrogen) atoms. The van der Waals surface area contributed by atoms with Crippen LogP contribution in [0.4, 0.5) is 4.39 Å². The van der Waals surface area contributed by atoms with E-state index in [1.807, 2.05) is 32.0 Å². The Bertz CT molecular complexity index is 934. The van der Waals surface area contributed by atoms with Crippen LogP contribution in [-0.4, -0.2) is 60.5 Å². The molecular weight excluding hydrogens is 415 g/mol. The second-order valence-electron chi connectivity index (χ2n) is 8.39. The van der Waals surface area contributed by atoms with E-state index in [0.29, 0.717) is 31.8 Å². The highest BCUT2D eigenvalue weighted by Crippen LogP contribution is 2.33. The van der Waals surface area contributed by atoms with Crippen LogP contribution < -0.4 is 9.47 Å². The van der Waals surface area contributed by atoms with Crippen LogP contribution in [0.2, 0.25) is 0 Å². The predicted octanol–water partition coefficient (Wildman–Crippen LogP) is 3.34. The Kier molecular flexibility index (Phi) is 7.24. The number of aliphatic hydroxyl groups excluding tert-OH is 1. The SMILES string of the molecule is CC(C)OCC(O)CN(Cc1ccc(F)cc1)CC1CC(c2ccc3c(c2)OCO3)=NO1. The second kappa shape index (κ2) is 10.3. The molecule has 0 amide bonds. The van der Waals surface area contributed by atoms with Crippen molar-refractivity contribution in [3.63, 3.8) is 0 Å². The summed E-state index contributed by atoms with van der Waals surface area (Å²) in [5, 5.41) is 14.7. The molecule has 2 aliphatic heterocycles. The zero-order valence-electron chi connectivity index (χ0n) is 18.4. The number of aliphatic hydroxyl groups is 1. The predicted molar refractivity (Wildman–Crippen MR) is 117 cm³/mol. The number of benzene rings is 2. The number of nitrogens with zero attached hydrogens (tertiary/aromatic N) is 2. The fourth-order valence-electron chi connectivity index (χ4n) is 3.77. The van der Waals surface area contributed by atoms with Crippen LogP contribution in [0.5, 0.6) is 11.5 Å². The largest absolute Gasteiger partial charge is 0.454 e. The van der Waals surface area contributed by atoms with Gasteiger partial charge in [0.25, 0.3) is 0 Å². The number of fused-ring (bicyclic) bond motifs is 1. The second-order valence-corrected chi connectivity index (χ2v) is 8.39. The lowest BCUT2D eigenvalue weighted by Gasteiger charge is -2.27. The van der Waals surface area contributed by atoms with Gasteiger partial charge in [0.05, 0.1) is 24.5 Å². The summed E-state index contributed by atoms with van der Waals surface area (Å²) < 4.78 is 29.7. The third kappa shape index (κ3) is 5.97. The van der Waals surface area contributed by atoms with Gasteiger partial charge < -0.3 is 24.2 Å². The topological polar surface area (TPSA) is 72.8 Å². The van der Waals surface area contributed by atoms with Crippen LogP contribution >= 0.6 is 0 Å². The minimum absolute atomic E-state index is 0.0472. The summed E-state index contributed by atoms with van der Waals surface area (Å²) in [5.41, 5.74) is 2.74. The third-order valence-corrected chi connectivity index (χ3v) is 5.31. The Morgan fingerprint density at radius 1 is 1.16 bits per heavy atom. The number of halogens is 1. The van der Waals surface area contributed by atoms with Gasteiger partial charge in [-0.15, -0.1) is 0 Å². The first kappa shape index (κ1) is 22.5. The van der Waals surface area contributed by atoms with Gasteiger partial charge >= 0.3 is 0 Å². The van der Waals surface area contributed by atoms with Crippen molar-refractivity contribution in [1.29, 1.82) is 0 Å². The van der Waals surface area contributed by atoms with E-state index in [9.17, 15) is 9.50 Å². The van der Waals surface area contributed by atoms with Crippen molar-refractivity contribution in [2.24, 2.45) is 5.16 Å². The van der Waals surface area contributed by atoms with Crippen molar-refractivity contribution in [2.45, 2.75) is 45.1 Å². The Balaban J connectivity index is 1.38. The molecular formula is C24H29FN2O5. The van der Waals surface area contributed by atoms with E-state index in [2.05, 4.69) is 10.1 Å². The maximum atomic E-state index is 13.3. The lowest BCUT2D eigenvalue weighted by Crippen LogP contribution is -2.39. The molecule has 2 atom stereocenters. The van der Waals surface area contributed by atoms with E-state index >= 15 is 0 Å². The van der Waals surface area contributed by atoms with E-state index in [1.54, 1.807) is 12.1 Å². The van der Waals surface area contributed by atoms with E-state index in [4.69, 9.17) is 19.0 Å². The van der Waals surface area contributed by atoms with Gasteiger partial charge in [-0.1, -0.05) is 17.3 Å². The molecule has 8 heteroatoms. The molecule has 0 saturated heterocycles. The molecule has 0 bridgehead atoms. The smallest absolute Gasteiger partial charge is 0.231 e. The summed E-state index contributed by atoms with van der Waals surface area (Å²) in [4.78, 5) is 7.80. The summed E-state index contributed by atoms with van der Waals surface area (Å²) in [6, 6.07) is 12.1. The summed E-state index contributed by atoms with van der Waals surface area (Å²) in [6.07, 6.45) is -0.119. The van der Waals surface area contributed by atoms with Gasteiger partial charge in [-0.2, -0.15) is 0 Å². The van der Waals surface area contributed by atoms with E-state index < -0.39 is 6.10 Å². The number of oxime groups is 1. The van der Waals surface area contributed by atoms with Gasteiger partial charge in [0, 0.05) is 31.6 Å². The Morgan fingerprint density at radius 2 is 1.94 bits per heavy atom.